The molecular weight excluding hydrogens is 310 g/mol. The van der Waals surface area contributed by atoms with E-state index in [4.69, 9.17) is 0 Å². The molecule has 1 aliphatic rings. The second kappa shape index (κ2) is 7.45. The standard InChI is InChI=1S/C22H29NO2/c1-16-18(12-9-15-22(16,5)25)19(23-20(24)21(2,3)4)14-13-17-10-7-6-8-11-17/h6-8,10-11,16,25H,9,12,15H2,1-5H3,(H,23,24)/b19-18+/t16-,22+/m1/s1. The van der Waals surface area contributed by atoms with Crippen LogP contribution in [-0.4, -0.2) is 16.6 Å². The van der Waals surface area contributed by atoms with Crippen LogP contribution < -0.4 is 5.32 Å². The topological polar surface area (TPSA) is 49.3 Å². The van der Waals surface area contributed by atoms with E-state index in [0.717, 1.165) is 30.4 Å². The summed E-state index contributed by atoms with van der Waals surface area (Å²) in [6.07, 6.45) is 2.51. The molecule has 0 radical (unpaired) electrons. The van der Waals surface area contributed by atoms with Crippen LogP contribution >= 0.6 is 0 Å². The molecule has 1 aromatic rings. The lowest BCUT2D eigenvalue weighted by Crippen LogP contribution is -2.40. The third-order valence-electron chi connectivity index (χ3n) is 4.93. The molecule has 2 N–H and O–H groups in total. The van der Waals surface area contributed by atoms with E-state index < -0.39 is 11.0 Å². The van der Waals surface area contributed by atoms with Crippen molar-refractivity contribution in [3.05, 3.63) is 47.2 Å². The number of carbonyl (C=O) groups is 1. The molecule has 1 aromatic carbocycles. The molecule has 1 aliphatic carbocycles. The van der Waals surface area contributed by atoms with Crippen LogP contribution in [0.25, 0.3) is 0 Å². The molecule has 3 heteroatoms. The first kappa shape index (κ1) is 19.3. The maximum atomic E-state index is 12.5. The molecule has 2 atom stereocenters. The van der Waals surface area contributed by atoms with Crippen molar-refractivity contribution in [1.82, 2.24) is 5.32 Å². The van der Waals surface area contributed by atoms with Crippen LogP contribution in [0.15, 0.2) is 41.6 Å². The Kier molecular flexibility index (Phi) is 5.75. The van der Waals surface area contributed by atoms with Gasteiger partial charge < -0.3 is 10.4 Å². The highest BCUT2D eigenvalue weighted by molar-refractivity contribution is 5.84. The Morgan fingerprint density at radius 3 is 2.52 bits per heavy atom. The van der Waals surface area contributed by atoms with E-state index in [1.807, 2.05) is 65.0 Å². The number of nitrogens with one attached hydrogen (secondary N) is 1. The van der Waals surface area contributed by atoms with Gasteiger partial charge in [0.05, 0.1) is 11.3 Å². The Morgan fingerprint density at radius 1 is 1.28 bits per heavy atom. The van der Waals surface area contributed by atoms with E-state index in [9.17, 15) is 9.90 Å². The highest BCUT2D eigenvalue weighted by Gasteiger charge is 2.36. The molecule has 0 saturated heterocycles. The molecule has 1 saturated carbocycles. The number of carbonyl (C=O) groups excluding carboxylic acids is 1. The molecule has 3 nitrogen and oxygen atoms in total. The van der Waals surface area contributed by atoms with Gasteiger partial charge in [-0.05, 0) is 49.8 Å². The lowest BCUT2D eigenvalue weighted by Gasteiger charge is -2.37. The van der Waals surface area contributed by atoms with E-state index in [2.05, 4.69) is 17.2 Å². The van der Waals surface area contributed by atoms with Crippen molar-refractivity contribution in [1.29, 1.82) is 0 Å². The third-order valence-corrected chi connectivity index (χ3v) is 4.93. The number of benzene rings is 1. The van der Waals surface area contributed by atoms with Gasteiger partial charge in [-0.15, -0.1) is 0 Å². The van der Waals surface area contributed by atoms with E-state index in [0.29, 0.717) is 5.70 Å². The fraction of sp³-hybridized carbons (Fsp3) is 0.500. The van der Waals surface area contributed by atoms with E-state index in [1.165, 1.54) is 0 Å². The van der Waals surface area contributed by atoms with Crippen molar-refractivity contribution in [2.24, 2.45) is 11.3 Å². The Balaban J connectivity index is 2.44. The van der Waals surface area contributed by atoms with Crippen LogP contribution in [0.4, 0.5) is 0 Å². The summed E-state index contributed by atoms with van der Waals surface area (Å²) in [5, 5.41) is 13.7. The van der Waals surface area contributed by atoms with Crippen molar-refractivity contribution < 1.29 is 9.90 Å². The molecule has 0 heterocycles. The maximum absolute atomic E-state index is 12.5. The molecular formula is C22H29NO2. The summed E-state index contributed by atoms with van der Waals surface area (Å²) in [4.78, 5) is 12.5. The average Bonchev–Trinajstić information content (AvgIpc) is 2.54. The number of hydrogen-bond acceptors (Lipinski definition) is 2. The highest BCUT2D eigenvalue weighted by Crippen LogP contribution is 2.38. The summed E-state index contributed by atoms with van der Waals surface area (Å²) in [7, 11) is 0. The van der Waals surface area contributed by atoms with Crippen LogP contribution in [0.3, 0.4) is 0 Å². The Hall–Kier alpha value is -2.05. The van der Waals surface area contributed by atoms with Gasteiger partial charge in [-0.2, -0.15) is 0 Å². The monoisotopic (exact) mass is 339 g/mol. The largest absolute Gasteiger partial charge is 0.390 e. The van der Waals surface area contributed by atoms with Gasteiger partial charge in [-0.1, -0.05) is 51.8 Å². The molecule has 0 bridgehead atoms. The summed E-state index contributed by atoms with van der Waals surface area (Å²) in [6, 6.07) is 9.73. The number of hydrogen-bond donors (Lipinski definition) is 2. The van der Waals surface area contributed by atoms with Gasteiger partial charge in [0, 0.05) is 16.9 Å². The van der Waals surface area contributed by atoms with Gasteiger partial charge >= 0.3 is 0 Å². The fourth-order valence-corrected chi connectivity index (χ4v) is 2.94. The molecule has 0 aliphatic heterocycles. The summed E-state index contributed by atoms with van der Waals surface area (Å²) in [5.41, 5.74) is 1.33. The first-order valence-electron chi connectivity index (χ1n) is 8.95. The van der Waals surface area contributed by atoms with Crippen LogP contribution in [-0.2, 0) is 4.79 Å². The summed E-state index contributed by atoms with van der Waals surface area (Å²) in [6.45, 7) is 9.54. The SMILES string of the molecule is C[C@@H]1/C(=C(\C#Cc2ccccc2)NC(=O)C(C)(C)C)CCC[C@]1(C)O. The maximum Gasteiger partial charge on any atom is 0.230 e. The smallest absolute Gasteiger partial charge is 0.230 e. The van der Waals surface area contributed by atoms with Gasteiger partial charge in [-0.25, -0.2) is 0 Å². The van der Waals surface area contributed by atoms with Gasteiger partial charge in [0.2, 0.25) is 5.91 Å². The zero-order valence-electron chi connectivity index (χ0n) is 15.9. The molecule has 2 rings (SSSR count). The van der Waals surface area contributed by atoms with Gasteiger partial charge in [-0.3, -0.25) is 4.79 Å². The Bertz CT molecular complexity index is 712. The van der Waals surface area contributed by atoms with Gasteiger partial charge in [0.15, 0.2) is 0 Å². The minimum atomic E-state index is -0.764. The lowest BCUT2D eigenvalue weighted by molar-refractivity contribution is -0.127. The van der Waals surface area contributed by atoms with Crippen LogP contribution in [0.5, 0.6) is 0 Å². The normalized spacial score (nSPS) is 25.6. The second-order valence-electron chi connectivity index (χ2n) is 8.15. The summed E-state index contributed by atoms with van der Waals surface area (Å²) < 4.78 is 0. The van der Waals surface area contributed by atoms with Crippen LogP contribution in [0.2, 0.25) is 0 Å². The fourth-order valence-electron chi connectivity index (χ4n) is 2.94. The molecule has 0 unspecified atom stereocenters. The molecule has 0 aromatic heterocycles. The minimum absolute atomic E-state index is 0.0402. The molecule has 0 spiro atoms. The Labute approximate surface area is 151 Å². The Morgan fingerprint density at radius 2 is 1.92 bits per heavy atom. The predicted octanol–water partition coefficient (Wildman–Crippen LogP) is 4.03. The van der Waals surface area contributed by atoms with E-state index >= 15 is 0 Å². The minimum Gasteiger partial charge on any atom is -0.390 e. The molecule has 1 fully saturated rings. The van der Waals surface area contributed by atoms with Crippen molar-refractivity contribution >= 4 is 5.91 Å². The van der Waals surface area contributed by atoms with Crippen molar-refractivity contribution in [3.8, 4) is 11.8 Å². The van der Waals surface area contributed by atoms with E-state index in [1.54, 1.807) is 0 Å². The summed E-state index contributed by atoms with van der Waals surface area (Å²) in [5.74, 6) is 6.21. The van der Waals surface area contributed by atoms with Crippen LogP contribution in [0.1, 0.15) is 59.4 Å². The lowest BCUT2D eigenvalue weighted by atomic mass is 9.73. The van der Waals surface area contributed by atoms with E-state index in [-0.39, 0.29) is 11.8 Å². The number of allylic oxidation sites excluding steroid dienone is 1. The second-order valence-corrected chi connectivity index (χ2v) is 8.15. The quantitative estimate of drug-likeness (QED) is 0.759. The summed E-state index contributed by atoms with van der Waals surface area (Å²) >= 11 is 0. The highest BCUT2D eigenvalue weighted by atomic mass is 16.3. The first-order valence-corrected chi connectivity index (χ1v) is 8.95. The molecule has 134 valence electrons. The zero-order valence-corrected chi connectivity index (χ0v) is 15.9. The number of amides is 1. The van der Waals surface area contributed by atoms with Gasteiger partial charge in [0.1, 0.15) is 0 Å². The number of rotatable bonds is 1. The van der Waals surface area contributed by atoms with Crippen LogP contribution in [0, 0.1) is 23.2 Å². The number of aliphatic hydroxyl groups is 1. The van der Waals surface area contributed by atoms with Crippen molar-refractivity contribution in [2.75, 3.05) is 0 Å². The molecule has 1 amide bonds. The van der Waals surface area contributed by atoms with Crippen molar-refractivity contribution in [2.45, 2.75) is 59.5 Å². The predicted molar refractivity (Wildman–Crippen MR) is 102 cm³/mol. The molecule has 25 heavy (non-hydrogen) atoms. The first-order chi connectivity index (χ1) is 11.6. The van der Waals surface area contributed by atoms with Crippen molar-refractivity contribution in [3.63, 3.8) is 0 Å². The van der Waals surface area contributed by atoms with Gasteiger partial charge in [0.25, 0.3) is 0 Å². The average molecular weight is 339 g/mol. The zero-order chi connectivity index (χ0) is 18.7. The third kappa shape index (κ3) is 4.96.